The Morgan fingerprint density at radius 3 is 2.71 bits per heavy atom. The third kappa shape index (κ3) is 4.77. The van der Waals surface area contributed by atoms with Crippen molar-refractivity contribution in [1.82, 2.24) is 20.4 Å². The maximum Gasteiger partial charge on any atom is 0.325 e. The van der Waals surface area contributed by atoms with Crippen LogP contribution in [0.2, 0.25) is 5.02 Å². The van der Waals surface area contributed by atoms with Gasteiger partial charge in [-0.2, -0.15) is 0 Å². The predicted molar refractivity (Wildman–Crippen MR) is 110 cm³/mol. The minimum atomic E-state index is -0.878. The Hall–Kier alpha value is -1.83. The Bertz CT molecular complexity index is 756. The van der Waals surface area contributed by atoms with E-state index in [1.165, 1.54) is 4.90 Å². The molecule has 28 heavy (non-hydrogen) atoms. The number of benzene rings is 1. The molecule has 2 heterocycles. The number of nitrogens with zero attached hydrogens (tertiary/aromatic N) is 2. The van der Waals surface area contributed by atoms with Crippen molar-refractivity contribution in [2.45, 2.75) is 38.3 Å². The topological polar surface area (TPSA) is 81.8 Å². The standard InChI is InChI=1S/C19H25ClN4O3.ClH/c1-19(2)17(26)24(18(27)22-19)9-4-7-16(25)23-10-8-21-12-15(23)13-5-3-6-14(20)11-13;/h3,5-6,11,15,21H,4,7-10,12H2,1-2H3,(H,22,27);1H. The molecular formula is C19H26Cl2N4O3. The van der Waals surface area contributed by atoms with E-state index in [-0.39, 0.29) is 43.2 Å². The Morgan fingerprint density at radius 2 is 2.07 bits per heavy atom. The van der Waals surface area contributed by atoms with E-state index in [2.05, 4.69) is 10.6 Å². The summed E-state index contributed by atoms with van der Waals surface area (Å²) in [6.07, 6.45) is 0.731. The van der Waals surface area contributed by atoms with Gasteiger partial charge < -0.3 is 15.5 Å². The van der Waals surface area contributed by atoms with Crippen molar-refractivity contribution < 1.29 is 14.4 Å². The van der Waals surface area contributed by atoms with Crippen LogP contribution in [0.1, 0.15) is 38.3 Å². The van der Waals surface area contributed by atoms with Crippen molar-refractivity contribution in [3.8, 4) is 0 Å². The second kappa shape index (κ2) is 9.11. The highest BCUT2D eigenvalue weighted by Crippen LogP contribution is 2.25. The zero-order valence-electron chi connectivity index (χ0n) is 16.0. The number of halogens is 2. The van der Waals surface area contributed by atoms with Crippen LogP contribution in [0.3, 0.4) is 0 Å². The van der Waals surface area contributed by atoms with Crippen molar-refractivity contribution in [1.29, 1.82) is 0 Å². The molecule has 4 amide bonds. The first kappa shape index (κ1) is 22.5. The molecule has 0 bridgehead atoms. The number of amides is 4. The molecule has 0 aliphatic carbocycles. The monoisotopic (exact) mass is 428 g/mol. The molecule has 0 spiro atoms. The van der Waals surface area contributed by atoms with E-state index in [1.54, 1.807) is 13.8 Å². The summed E-state index contributed by atoms with van der Waals surface area (Å²) in [5.41, 5.74) is 0.121. The number of piperazine rings is 1. The van der Waals surface area contributed by atoms with Crippen molar-refractivity contribution in [2.75, 3.05) is 26.2 Å². The minimum absolute atomic E-state index is 0. The van der Waals surface area contributed by atoms with Crippen LogP contribution in [0.5, 0.6) is 0 Å². The molecule has 1 aromatic carbocycles. The molecule has 154 valence electrons. The average molecular weight is 429 g/mol. The Labute approximate surface area is 176 Å². The van der Waals surface area contributed by atoms with E-state index in [4.69, 9.17) is 11.6 Å². The first-order chi connectivity index (χ1) is 12.8. The van der Waals surface area contributed by atoms with Crippen LogP contribution in [0, 0.1) is 0 Å². The first-order valence-corrected chi connectivity index (χ1v) is 9.57. The molecule has 3 rings (SSSR count). The lowest BCUT2D eigenvalue weighted by molar-refractivity contribution is -0.135. The summed E-state index contributed by atoms with van der Waals surface area (Å²) in [6, 6.07) is 7.09. The van der Waals surface area contributed by atoms with Gasteiger partial charge >= 0.3 is 6.03 Å². The smallest absolute Gasteiger partial charge is 0.325 e. The van der Waals surface area contributed by atoms with Crippen molar-refractivity contribution >= 4 is 41.9 Å². The molecule has 9 heteroatoms. The number of hydrogen-bond donors (Lipinski definition) is 2. The van der Waals surface area contributed by atoms with Crippen LogP contribution in [0.4, 0.5) is 4.79 Å². The lowest BCUT2D eigenvalue weighted by Gasteiger charge is -2.37. The van der Waals surface area contributed by atoms with Crippen LogP contribution in [-0.4, -0.2) is 59.4 Å². The van der Waals surface area contributed by atoms with Crippen LogP contribution in [0.25, 0.3) is 0 Å². The number of nitrogens with one attached hydrogen (secondary N) is 2. The third-order valence-electron chi connectivity index (χ3n) is 5.01. The summed E-state index contributed by atoms with van der Waals surface area (Å²) in [6.45, 7) is 5.63. The molecule has 2 saturated heterocycles. The largest absolute Gasteiger partial charge is 0.333 e. The zero-order valence-corrected chi connectivity index (χ0v) is 17.6. The van der Waals surface area contributed by atoms with Crippen molar-refractivity contribution in [3.63, 3.8) is 0 Å². The van der Waals surface area contributed by atoms with Gasteiger partial charge in [0.05, 0.1) is 6.04 Å². The van der Waals surface area contributed by atoms with Gasteiger partial charge in [0.15, 0.2) is 0 Å². The van der Waals surface area contributed by atoms with Crippen LogP contribution in [-0.2, 0) is 9.59 Å². The molecule has 2 N–H and O–H groups in total. The maximum absolute atomic E-state index is 12.8. The lowest BCUT2D eigenvalue weighted by Crippen LogP contribution is -2.48. The number of carbonyl (C=O) groups excluding carboxylic acids is 3. The van der Waals surface area contributed by atoms with Gasteiger partial charge in [-0.25, -0.2) is 4.79 Å². The van der Waals surface area contributed by atoms with Gasteiger partial charge in [0.1, 0.15) is 5.54 Å². The van der Waals surface area contributed by atoms with Gasteiger partial charge in [-0.15, -0.1) is 12.4 Å². The van der Waals surface area contributed by atoms with E-state index < -0.39 is 11.6 Å². The van der Waals surface area contributed by atoms with Crippen molar-refractivity contribution in [2.24, 2.45) is 0 Å². The molecule has 2 fully saturated rings. The maximum atomic E-state index is 12.8. The van der Waals surface area contributed by atoms with Crippen LogP contribution < -0.4 is 10.6 Å². The highest BCUT2D eigenvalue weighted by Gasteiger charge is 2.43. The summed E-state index contributed by atoms with van der Waals surface area (Å²) in [5.74, 6) is -0.230. The Morgan fingerprint density at radius 1 is 1.32 bits per heavy atom. The third-order valence-corrected chi connectivity index (χ3v) is 5.25. The molecular weight excluding hydrogens is 403 g/mol. The van der Waals surface area contributed by atoms with Gasteiger partial charge in [-0.3, -0.25) is 14.5 Å². The van der Waals surface area contributed by atoms with E-state index in [1.807, 2.05) is 29.2 Å². The lowest BCUT2D eigenvalue weighted by atomic mass is 10.0. The fraction of sp³-hybridized carbons (Fsp3) is 0.526. The van der Waals surface area contributed by atoms with Crippen LogP contribution in [0.15, 0.2) is 24.3 Å². The van der Waals surface area contributed by atoms with Crippen LogP contribution >= 0.6 is 24.0 Å². The molecule has 2 aliphatic rings. The second-order valence-electron chi connectivity index (χ2n) is 7.48. The van der Waals surface area contributed by atoms with Gasteiger partial charge in [0.2, 0.25) is 5.91 Å². The zero-order chi connectivity index (χ0) is 19.6. The van der Waals surface area contributed by atoms with Gasteiger partial charge in [-0.05, 0) is 38.0 Å². The highest BCUT2D eigenvalue weighted by molar-refractivity contribution is 6.30. The fourth-order valence-electron chi connectivity index (χ4n) is 3.57. The predicted octanol–water partition coefficient (Wildman–Crippen LogP) is 2.35. The van der Waals surface area contributed by atoms with Gasteiger partial charge in [-0.1, -0.05) is 23.7 Å². The molecule has 1 unspecified atom stereocenters. The number of rotatable bonds is 5. The molecule has 1 aromatic rings. The van der Waals surface area contributed by atoms with Crippen molar-refractivity contribution in [3.05, 3.63) is 34.9 Å². The quantitative estimate of drug-likeness (QED) is 0.705. The van der Waals surface area contributed by atoms with E-state index in [0.717, 1.165) is 12.1 Å². The van der Waals surface area contributed by atoms with E-state index in [0.29, 0.717) is 24.5 Å². The molecule has 7 nitrogen and oxygen atoms in total. The number of urea groups is 1. The van der Waals surface area contributed by atoms with Gasteiger partial charge in [0.25, 0.3) is 5.91 Å². The summed E-state index contributed by atoms with van der Waals surface area (Å²) < 4.78 is 0. The molecule has 0 saturated carbocycles. The average Bonchev–Trinajstić information content (AvgIpc) is 2.83. The van der Waals surface area contributed by atoms with Gasteiger partial charge in [0, 0.05) is 37.6 Å². The fourth-order valence-corrected chi connectivity index (χ4v) is 3.77. The number of hydrogen-bond acceptors (Lipinski definition) is 4. The normalized spacial score (nSPS) is 21.3. The number of carbonyl (C=O) groups is 3. The minimum Gasteiger partial charge on any atom is -0.333 e. The number of imide groups is 1. The first-order valence-electron chi connectivity index (χ1n) is 9.19. The van der Waals surface area contributed by atoms with E-state index in [9.17, 15) is 14.4 Å². The molecule has 0 radical (unpaired) electrons. The molecule has 1 atom stereocenters. The molecule has 2 aliphatic heterocycles. The molecule has 0 aromatic heterocycles. The summed E-state index contributed by atoms with van der Waals surface area (Å²) >= 11 is 6.10. The SMILES string of the molecule is CC1(C)NC(=O)N(CCCC(=O)N2CCNCC2c2cccc(Cl)c2)C1=O.Cl. The second-order valence-corrected chi connectivity index (χ2v) is 7.91. The Balaban J connectivity index is 0.00000280. The van der Waals surface area contributed by atoms with E-state index >= 15 is 0 Å². The highest BCUT2D eigenvalue weighted by atomic mass is 35.5. The summed E-state index contributed by atoms with van der Waals surface area (Å²) in [5, 5.41) is 6.61. The Kier molecular flexibility index (Phi) is 7.31. The summed E-state index contributed by atoms with van der Waals surface area (Å²) in [4.78, 5) is 40.0. The summed E-state index contributed by atoms with van der Waals surface area (Å²) in [7, 11) is 0.